The molecule has 3 heteroatoms. The Labute approximate surface area is 78.6 Å². The predicted octanol–water partition coefficient (Wildman–Crippen LogP) is 0.923. The van der Waals surface area contributed by atoms with E-state index in [2.05, 4.69) is 0 Å². The highest BCUT2D eigenvalue weighted by atomic mass is 16.5. The average Bonchev–Trinajstić information content (AvgIpc) is 2.84. The number of carbonyl (C=O) groups excluding carboxylic acids is 1. The predicted molar refractivity (Wildman–Crippen MR) is 48.9 cm³/mol. The standard InChI is InChI=1S/C10H17NO2/c1-2-13-10(12)7-3-6-4-8(6)9(11)5-7/h6-9H,2-5,11H2,1H3/t6?,7-,8?,9+/m1/s1. The van der Waals surface area contributed by atoms with Gasteiger partial charge in [-0.2, -0.15) is 0 Å². The highest BCUT2D eigenvalue weighted by molar-refractivity contribution is 5.72. The van der Waals surface area contributed by atoms with Gasteiger partial charge < -0.3 is 10.5 Å². The van der Waals surface area contributed by atoms with E-state index in [0.29, 0.717) is 12.5 Å². The van der Waals surface area contributed by atoms with Gasteiger partial charge in [-0.25, -0.2) is 0 Å². The zero-order valence-corrected chi connectivity index (χ0v) is 8.03. The minimum Gasteiger partial charge on any atom is -0.466 e. The van der Waals surface area contributed by atoms with Crippen molar-refractivity contribution >= 4 is 5.97 Å². The van der Waals surface area contributed by atoms with E-state index in [1.165, 1.54) is 6.42 Å². The normalized spacial score (nSPS) is 42.3. The van der Waals surface area contributed by atoms with Gasteiger partial charge in [-0.3, -0.25) is 4.79 Å². The number of hydrogen-bond donors (Lipinski definition) is 1. The maximum absolute atomic E-state index is 11.4. The van der Waals surface area contributed by atoms with Crippen molar-refractivity contribution in [3.8, 4) is 0 Å². The third kappa shape index (κ3) is 1.70. The van der Waals surface area contributed by atoms with Crippen LogP contribution in [0.3, 0.4) is 0 Å². The fraction of sp³-hybridized carbons (Fsp3) is 0.900. The molecule has 2 fully saturated rings. The Bertz CT molecular complexity index is 217. The smallest absolute Gasteiger partial charge is 0.308 e. The van der Waals surface area contributed by atoms with E-state index in [4.69, 9.17) is 10.5 Å². The summed E-state index contributed by atoms with van der Waals surface area (Å²) in [5.74, 6) is 1.48. The molecular weight excluding hydrogens is 166 g/mol. The van der Waals surface area contributed by atoms with Gasteiger partial charge in [0.05, 0.1) is 12.5 Å². The van der Waals surface area contributed by atoms with Crippen molar-refractivity contribution in [2.75, 3.05) is 6.61 Å². The van der Waals surface area contributed by atoms with Crippen molar-refractivity contribution in [2.24, 2.45) is 23.5 Å². The summed E-state index contributed by atoms with van der Waals surface area (Å²) in [7, 11) is 0. The molecule has 4 atom stereocenters. The fourth-order valence-corrected chi connectivity index (χ4v) is 2.48. The highest BCUT2D eigenvalue weighted by Gasteiger charge is 2.48. The highest BCUT2D eigenvalue weighted by Crippen LogP contribution is 2.50. The summed E-state index contributed by atoms with van der Waals surface area (Å²) in [5.41, 5.74) is 5.94. The number of esters is 1. The molecule has 0 saturated heterocycles. The molecule has 0 amide bonds. The molecule has 0 radical (unpaired) electrons. The molecule has 0 aromatic heterocycles. The van der Waals surface area contributed by atoms with Crippen LogP contribution in [0, 0.1) is 17.8 Å². The molecule has 0 spiro atoms. The largest absolute Gasteiger partial charge is 0.466 e. The van der Waals surface area contributed by atoms with Crippen LogP contribution in [0.25, 0.3) is 0 Å². The Morgan fingerprint density at radius 1 is 1.46 bits per heavy atom. The van der Waals surface area contributed by atoms with Crippen molar-refractivity contribution in [1.29, 1.82) is 0 Å². The molecule has 0 bridgehead atoms. The van der Waals surface area contributed by atoms with Crippen molar-refractivity contribution < 1.29 is 9.53 Å². The summed E-state index contributed by atoms with van der Waals surface area (Å²) in [6, 6.07) is 0.244. The fourth-order valence-electron chi connectivity index (χ4n) is 2.48. The lowest BCUT2D eigenvalue weighted by Gasteiger charge is -2.24. The molecule has 0 aromatic rings. The number of carbonyl (C=O) groups is 1. The van der Waals surface area contributed by atoms with Crippen LogP contribution < -0.4 is 5.73 Å². The van der Waals surface area contributed by atoms with E-state index in [0.717, 1.165) is 18.8 Å². The first-order chi connectivity index (χ1) is 6.22. The van der Waals surface area contributed by atoms with Gasteiger partial charge in [-0.05, 0) is 38.0 Å². The molecule has 2 aliphatic rings. The van der Waals surface area contributed by atoms with Crippen LogP contribution in [0.15, 0.2) is 0 Å². The minimum atomic E-state index is -0.0386. The Morgan fingerprint density at radius 2 is 2.23 bits per heavy atom. The van der Waals surface area contributed by atoms with Crippen LogP contribution in [0.1, 0.15) is 26.2 Å². The van der Waals surface area contributed by atoms with Crippen LogP contribution in [-0.4, -0.2) is 18.6 Å². The summed E-state index contributed by atoms with van der Waals surface area (Å²) in [5, 5.41) is 0. The van der Waals surface area contributed by atoms with E-state index < -0.39 is 0 Å². The Balaban J connectivity index is 1.89. The summed E-state index contributed by atoms with van der Waals surface area (Å²) in [6.45, 7) is 2.33. The Kier molecular flexibility index (Phi) is 2.28. The third-order valence-corrected chi connectivity index (χ3v) is 3.29. The molecule has 2 aliphatic carbocycles. The molecule has 2 rings (SSSR count). The maximum atomic E-state index is 11.4. The summed E-state index contributed by atoms with van der Waals surface area (Å²) >= 11 is 0. The molecule has 2 saturated carbocycles. The maximum Gasteiger partial charge on any atom is 0.308 e. The molecule has 74 valence electrons. The van der Waals surface area contributed by atoms with Crippen molar-refractivity contribution in [2.45, 2.75) is 32.2 Å². The number of hydrogen-bond acceptors (Lipinski definition) is 3. The van der Waals surface area contributed by atoms with Crippen molar-refractivity contribution in [3.63, 3.8) is 0 Å². The molecule has 13 heavy (non-hydrogen) atoms. The van der Waals surface area contributed by atoms with E-state index in [-0.39, 0.29) is 17.9 Å². The molecule has 0 aromatic carbocycles. The van der Waals surface area contributed by atoms with Crippen molar-refractivity contribution in [3.05, 3.63) is 0 Å². The molecule has 0 heterocycles. The number of ether oxygens (including phenoxy) is 1. The van der Waals surface area contributed by atoms with Crippen LogP contribution >= 0.6 is 0 Å². The van der Waals surface area contributed by atoms with Gasteiger partial charge in [0.15, 0.2) is 0 Å². The first kappa shape index (κ1) is 9.00. The Morgan fingerprint density at radius 3 is 2.85 bits per heavy atom. The number of rotatable bonds is 2. The van der Waals surface area contributed by atoms with Crippen LogP contribution in [0.2, 0.25) is 0 Å². The van der Waals surface area contributed by atoms with Crippen LogP contribution in [-0.2, 0) is 9.53 Å². The van der Waals surface area contributed by atoms with Gasteiger partial charge in [0.2, 0.25) is 0 Å². The van der Waals surface area contributed by atoms with Gasteiger partial charge >= 0.3 is 5.97 Å². The van der Waals surface area contributed by atoms with Gasteiger partial charge in [-0.1, -0.05) is 0 Å². The molecule has 3 nitrogen and oxygen atoms in total. The lowest BCUT2D eigenvalue weighted by atomic mass is 9.86. The van der Waals surface area contributed by atoms with E-state index >= 15 is 0 Å². The van der Waals surface area contributed by atoms with Gasteiger partial charge in [0.1, 0.15) is 0 Å². The second-order valence-corrected chi connectivity index (χ2v) is 4.24. The summed E-state index contributed by atoms with van der Waals surface area (Å²) in [4.78, 5) is 11.4. The second-order valence-electron chi connectivity index (χ2n) is 4.24. The third-order valence-electron chi connectivity index (χ3n) is 3.29. The second kappa shape index (κ2) is 3.29. The first-order valence-corrected chi connectivity index (χ1v) is 5.14. The van der Waals surface area contributed by atoms with Gasteiger partial charge in [0, 0.05) is 6.04 Å². The zero-order valence-electron chi connectivity index (χ0n) is 8.03. The van der Waals surface area contributed by atoms with E-state index in [1.54, 1.807) is 0 Å². The monoisotopic (exact) mass is 183 g/mol. The number of nitrogens with two attached hydrogens (primary N) is 1. The topological polar surface area (TPSA) is 52.3 Å². The van der Waals surface area contributed by atoms with Crippen LogP contribution in [0.5, 0.6) is 0 Å². The summed E-state index contributed by atoms with van der Waals surface area (Å²) < 4.78 is 5.00. The first-order valence-electron chi connectivity index (χ1n) is 5.14. The molecule has 2 N–H and O–H groups in total. The lowest BCUT2D eigenvalue weighted by Crippen LogP contribution is -2.34. The zero-order chi connectivity index (χ0) is 9.42. The van der Waals surface area contributed by atoms with Crippen LogP contribution in [0.4, 0.5) is 0 Å². The molecule has 2 unspecified atom stereocenters. The average molecular weight is 183 g/mol. The minimum absolute atomic E-state index is 0.0386. The van der Waals surface area contributed by atoms with Gasteiger partial charge in [-0.15, -0.1) is 0 Å². The number of fused-ring (bicyclic) bond motifs is 1. The van der Waals surface area contributed by atoms with E-state index in [9.17, 15) is 4.79 Å². The van der Waals surface area contributed by atoms with Gasteiger partial charge in [0.25, 0.3) is 0 Å². The quantitative estimate of drug-likeness (QED) is 0.648. The summed E-state index contributed by atoms with van der Waals surface area (Å²) in [6.07, 6.45) is 3.08. The Hall–Kier alpha value is -0.570. The van der Waals surface area contributed by atoms with Crippen molar-refractivity contribution in [1.82, 2.24) is 0 Å². The SMILES string of the molecule is CCOC(=O)[C@@H]1CC2CC2[C@@H](N)C1. The molecule has 0 aliphatic heterocycles. The van der Waals surface area contributed by atoms with E-state index in [1.807, 2.05) is 6.92 Å². The lowest BCUT2D eigenvalue weighted by molar-refractivity contribution is -0.149. The molecular formula is C10H17NO2.